The Bertz CT molecular complexity index is 757. The molecule has 0 saturated heterocycles. The first-order valence-electron chi connectivity index (χ1n) is 6.24. The maximum atomic E-state index is 13.2. The fourth-order valence-corrected chi connectivity index (χ4v) is 2.08. The van der Waals surface area contributed by atoms with Crippen molar-refractivity contribution in [1.29, 1.82) is 0 Å². The predicted octanol–water partition coefficient (Wildman–Crippen LogP) is 1.92. The zero-order valence-electron chi connectivity index (χ0n) is 11.2. The third-order valence-electron chi connectivity index (χ3n) is 3.11. The van der Waals surface area contributed by atoms with Gasteiger partial charge < -0.3 is 9.15 Å². The first-order chi connectivity index (χ1) is 10.2. The summed E-state index contributed by atoms with van der Waals surface area (Å²) in [5.41, 5.74) is 3.76. The molecule has 0 aliphatic heterocycles. The summed E-state index contributed by atoms with van der Waals surface area (Å²) in [6.07, 6.45) is 0. The highest BCUT2D eigenvalue weighted by Gasteiger charge is 2.19. The van der Waals surface area contributed by atoms with Crippen LogP contribution in [0.15, 0.2) is 40.8 Å². The van der Waals surface area contributed by atoms with Gasteiger partial charge in [-0.3, -0.25) is 5.84 Å². The number of methoxy groups -OCH3 is 1. The number of aromatic nitrogens is 2. The second-order valence-electron chi connectivity index (χ2n) is 4.43. The van der Waals surface area contributed by atoms with Gasteiger partial charge in [0, 0.05) is 11.5 Å². The second kappa shape index (κ2) is 5.47. The van der Waals surface area contributed by atoms with Gasteiger partial charge in [-0.05, 0) is 30.3 Å². The quantitative estimate of drug-likeness (QED) is 0.563. The molecular weight excluding hydrogens is 275 g/mol. The molecule has 0 amide bonds. The van der Waals surface area contributed by atoms with E-state index in [-0.39, 0.29) is 5.82 Å². The molecule has 0 radical (unpaired) electrons. The van der Waals surface area contributed by atoms with Crippen molar-refractivity contribution >= 4 is 11.0 Å². The van der Waals surface area contributed by atoms with Crippen LogP contribution in [0.3, 0.4) is 0 Å². The number of ether oxygens (including phenoxy) is 1. The lowest BCUT2D eigenvalue weighted by molar-refractivity contribution is 0.388. The number of hydrogen-bond donors (Lipinski definition) is 2. The van der Waals surface area contributed by atoms with Gasteiger partial charge >= 0.3 is 0 Å². The van der Waals surface area contributed by atoms with Gasteiger partial charge in [0.2, 0.25) is 5.88 Å². The summed E-state index contributed by atoms with van der Waals surface area (Å²) >= 11 is 0. The Morgan fingerprint density at radius 1 is 1.24 bits per heavy atom. The Morgan fingerprint density at radius 3 is 2.76 bits per heavy atom. The number of rotatable bonds is 4. The van der Waals surface area contributed by atoms with E-state index >= 15 is 0 Å². The maximum absolute atomic E-state index is 13.2. The second-order valence-corrected chi connectivity index (χ2v) is 4.43. The van der Waals surface area contributed by atoms with Crippen LogP contribution in [0.5, 0.6) is 5.88 Å². The number of nitrogens with two attached hydrogens (primary N) is 1. The number of hydrazine groups is 1. The van der Waals surface area contributed by atoms with Crippen LogP contribution in [-0.2, 0) is 0 Å². The molecule has 7 heteroatoms. The molecule has 0 spiro atoms. The van der Waals surface area contributed by atoms with Crippen LogP contribution < -0.4 is 16.0 Å². The molecule has 108 valence electrons. The number of fused-ring (bicyclic) bond motifs is 1. The molecule has 3 N–H and O–H groups in total. The smallest absolute Gasteiger partial charge is 0.233 e. The van der Waals surface area contributed by atoms with Gasteiger partial charge in [0.25, 0.3) is 0 Å². The van der Waals surface area contributed by atoms with Gasteiger partial charge in [-0.2, -0.15) is 0 Å². The minimum Gasteiger partial charge on any atom is -0.480 e. The molecule has 6 nitrogen and oxygen atoms in total. The minimum absolute atomic E-state index is 0.323. The van der Waals surface area contributed by atoms with E-state index in [0.29, 0.717) is 28.3 Å². The fourth-order valence-electron chi connectivity index (χ4n) is 2.08. The third kappa shape index (κ3) is 2.56. The summed E-state index contributed by atoms with van der Waals surface area (Å²) in [5.74, 6) is 6.18. The van der Waals surface area contributed by atoms with E-state index in [0.717, 1.165) is 0 Å². The van der Waals surface area contributed by atoms with E-state index < -0.39 is 6.04 Å². The number of nitrogens with one attached hydrogen (secondary N) is 1. The monoisotopic (exact) mass is 288 g/mol. The lowest BCUT2D eigenvalue weighted by Gasteiger charge is -2.11. The SMILES string of the molecule is COc1ccc(C(NN)c2cc3cc(F)ccc3o2)nn1. The van der Waals surface area contributed by atoms with Crippen LogP contribution in [0.2, 0.25) is 0 Å². The molecule has 1 unspecified atom stereocenters. The van der Waals surface area contributed by atoms with Crippen LogP contribution >= 0.6 is 0 Å². The van der Waals surface area contributed by atoms with Crippen LogP contribution in [0.4, 0.5) is 4.39 Å². The molecule has 1 atom stereocenters. The van der Waals surface area contributed by atoms with Gasteiger partial charge in [0.15, 0.2) is 0 Å². The first kappa shape index (κ1) is 13.5. The zero-order valence-corrected chi connectivity index (χ0v) is 11.2. The molecule has 0 aliphatic rings. The van der Waals surface area contributed by atoms with Gasteiger partial charge in [-0.1, -0.05) is 0 Å². The highest BCUT2D eigenvalue weighted by Crippen LogP contribution is 2.27. The Labute approximate surface area is 119 Å². The Morgan fingerprint density at radius 2 is 2.10 bits per heavy atom. The number of nitrogens with zero attached hydrogens (tertiary/aromatic N) is 2. The van der Waals surface area contributed by atoms with Crippen LogP contribution in [-0.4, -0.2) is 17.3 Å². The highest BCUT2D eigenvalue weighted by molar-refractivity contribution is 5.78. The summed E-state index contributed by atoms with van der Waals surface area (Å²) in [5, 5.41) is 8.58. The van der Waals surface area contributed by atoms with Crippen LogP contribution in [0.1, 0.15) is 17.5 Å². The molecule has 21 heavy (non-hydrogen) atoms. The topological polar surface area (TPSA) is 86.2 Å². The van der Waals surface area contributed by atoms with E-state index in [4.69, 9.17) is 15.0 Å². The molecule has 0 aliphatic carbocycles. The van der Waals surface area contributed by atoms with Crippen LogP contribution in [0.25, 0.3) is 11.0 Å². The zero-order chi connectivity index (χ0) is 14.8. The summed E-state index contributed by atoms with van der Waals surface area (Å²) in [6, 6.07) is 8.94. The van der Waals surface area contributed by atoms with Crippen LogP contribution in [0, 0.1) is 5.82 Å². The van der Waals surface area contributed by atoms with Crippen molar-refractivity contribution < 1.29 is 13.5 Å². The van der Waals surface area contributed by atoms with E-state index in [1.165, 1.54) is 19.2 Å². The standard InChI is InChI=1S/C14H13FN4O2/c1-20-13-5-3-10(18-19-13)14(17-16)12-7-8-6-9(15)2-4-11(8)21-12/h2-7,14,17H,16H2,1H3. The summed E-state index contributed by atoms with van der Waals surface area (Å²) < 4.78 is 23.9. The van der Waals surface area contributed by atoms with Crippen molar-refractivity contribution in [2.24, 2.45) is 5.84 Å². The Kier molecular flexibility index (Phi) is 3.51. The van der Waals surface area contributed by atoms with E-state index in [9.17, 15) is 4.39 Å². The van der Waals surface area contributed by atoms with Gasteiger partial charge in [0.05, 0.1) is 12.8 Å². The molecule has 0 fully saturated rings. The predicted molar refractivity (Wildman–Crippen MR) is 73.9 cm³/mol. The lowest BCUT2D eigenvalue weighted by Crippen LogP contribution is -2.29. The average molecular weight is 288 g/mol. The normalized spacial score (nSPS) is 12.5. The van der Waals surface area contributed by atoms with Gasteiger partial charge in [-0.15, -0.1) is 10.2 Å². The van der Waals surface area contributed by atoms with Crippen molar-refractivity contribution in [1.82, 2.24) is 15.6 Å². The Hall–Kier alpha value is -2.51. The number of halogens is 1. The molecule has 0 bridgehead atoms. The third-order valence-corrected chi connectivity index (χ3v) is 3.11. The van der Waals surface area contributed by atoms with Gasteiger partial charge in [-0.25, -0.2) is 9.82 Å². The van der Waals surface area contributed by atoms with Crippen molar-refractivity contribution in [2.75, 3.05) is 7.11 Å². The molecule has 1 aromatic carbocycles. The number of benzene rings is 1. The minimum atomic E-state index is -0.487. The lowest BCUT2D eigenvalue weighted by atomic mass is 10.1. The molecule has 3 aromatic rings. The average Bonchev–Trinajstić information content (AvgIpc) is 2.91. The Balaban J connectivity index is 2.00. The number of hydrogen-bond acceptors (Lipinski definition) is 6. The first-order valence-corrected chi connectivity index (χ1v) is 6.24. The van der Waals surface area contributed by atoms with Gasteiger partial charge in [0.1, 0.15) is 23.2 Å². The van der Waals surface area contributed by atoms with Crippen molar-refractivity contribution in [3.05, 3.63) is 53.7 Å². The highest BCUT2D eigenvalue weighted by atomic mass is 19.1. The maximum Gasteiger partial charge on any atom is 0.233 e. The summed E-state index contributed by atoms with van der Waals surface area (Å²) in [4.78, 5) is 0. The molecule has 2 heterocycles. The largest absolute Gasteiger partial charge is 0.480 e. The van der Waals surface area contributed by atoms with E-state index in [1.807, 2.05) is 0 Å². The van der Waals surface area contributed by atoms with E-state index in [1.54, 1.807) is 24.3 Å². The molecule has 2 aromatic heterocycles. The van der Waals surface area contributed by atoms with Crippen molar-refractivity contribution in [3.8, 4) is 5.88 Å². The van der Waals surface area contributed by atoms with E-state index in [2.05, 4.69) is 15.6 Å². The summed E-state index contributed by atoms with van der Waals surface area (Å²) in [6.45, 7) is 0. The fraction of sp³-hybridized carbons (Fsp3) is 0.143. The van der Waals surface area contributed by atoms with Crippen molar-refractivity contribution in [2.45, 2.75) is 6.04 Å². The summed E-state index contributed by atoms with van der Waals surface area (Å²) in [7, 11) is 1.51. The molecule has 0 saturated carbocycles. The van der Waals surface area contributed by atoms with Crippen molar-refractivity contribution in [3.63, 3.8) is 0 Å². The number of furan rings is 1. The molecule has 3 rings (SSSR count). The molecular formula is C14H13FN4O2.